The van der Waals surface area contributed by atoms with Crippen LogP contribution >= 0.6 is 0 Å². The summed E-state index contributed by atoms with van der Waals surface area (Å²) in [5, 5.41) is 2.19. The summed E-state index contributed by atoms with van der Waals surface area (Å²) in [6.07, 6.45) is 12.2. The van der Waals surface area contributed by atoms with Crippen LogP contribution in [0.15, 0.2) is 72.6 Å². The lowest BCUT2D eigenvalue weighted by molar-refractivity contribution is -0.655. The molecule has 1 unspecified atom stereocenters. The molecule has 2 aliphatic heterocycles. The van der Waals surface area contributed by atoms with Gasteiger partial charge in [-0.15, -0.1) is 0 Å². The van der Waals surface area contributed by atoms with Crippen molar-refractivity contribution in [2.75, 3.05) is 5.73 Å². The summed E-state index contributed by atoms with van der Waals surface area (Å²) >= 11 is 0. The molecule has 5 nitrogen and oxygen atoms in total. The van der Waals surface area contributed by atoms with Crippen molar-refractivity contribution in [1.82, 2.24) is 9.55 Å². The van der Waals surface area contributed by atoms with E-state index < -0.39 is 0 Å². The van der Waals surface area contributed by atoms with Crippen LogP contribution in [-0.4, -0.2) is 9.55 Å². The predicted molar refractivity (Wildman–Crippen MR) is 116 cm³/mol. The van der Waals surface area contributed by atoms with E-state index in [2.05, 4.69) is 58.2 Å². The van der Waals surface area contributed by atoms with Gasteiger partial charge < -0.3 is 10.5 Å². The molecule has 144 valence electrons. The van der Waals surface area contributed by atoms with Gasteiger partial charge in [0.25, 0.3) is 0 Å². The van der Waals surface area contributed by atoms with Crippen molar-refractivity contribution < 1.29 is 10.1 Å². The zero-order chi connectivity index (χ0) is 20.0. The molecule has 5 rings (SSSR count). The fourth-order valence-electron chi connectivity index (χ4n) is 4.14. The minimum atomic E-state index is -0.0156. The zero-order valence-corrected chi connectivity index (χ0v) is 16.5. The Balaban J connectivity index is 1.85. The second-order valence-electron chi connectivity index (χ2n) is 7.30. The number of pyridine rings is 1. The highest BCUT2D eigenvalue weighted by Gasteiger charge is 2.33. The molecule has 5 heteroatoms. The maximum absolute atomic E-state index is 6.72. The highest BCUT2D eigenvalue weighted by Crippen LogP contribution is 2.51. The van der Waals surface area contributed by atoms with Gasteiger partial charge in [-0.2, -0.15) is 0 Å². The number of anilines is 1. The molecule has 0 fully saturated rings. The van der Waals surface area contributed by atoms with E-state index in [-0.39, 0.29) is 6.17 Å². The summed E-state index contributed by atoms with van der Waals surface area (Å²) in [5.41, 5.74) is 12.8. The molecule has 3 aromatic rings. The van der Waals surface area contributed by atoms with Crippen LogP contribution in [0, 0.1) is 0 Å². The number of fused-ring (bicyclic) bond motifs is 5. The Morgan fingerprint density at radius 2 is 2.00 bits per heavy atom. The lowest BCUT2D eigenvalue weighted by Crippen LogP contribution is -2.84. The zero-order valence-electron chi connectivity index (χ0n) is 16.5. The largest absolute Gasteiger partial charge is 0.438 e. The quantitative estimate of drug-likeness (QED) is 0.536. The van der Waals surface area contributed by atoms with Crippen LogP contribution < -0.4 is 15.8 Å². The molecule has 2 aliphatic rings. The third-order valence-corrected chi connectivity index (χ3v) is 5.40. The molecule has 29 heavy (non-hydrogen) atoms. The van der Waals surface area contributed by atoms with E-state index in [1.807, 2.05) is 37.3 Å². The number of nitrogen functional groups attached to an aromatic ring is 1. The van der Waals surface area contributed by atoms with E-state index in [4.69, 9.17) is 10.5 Å². The van der Waals surface area contributed by atoms with Gasteiger partial charge in [0.2, 0.25) is 5.88 Å². The van der Waals surface area contributed by atoms with Gasteiger partial charge >= 0.3 is 0 Å². The normalized spacial score (nSPS) is 17.2. The molecule has 1 aromatic carbocycles. The van der Waals surface area contributed by atoms with E-state index in [1.165, 1.54) is 5.70 Å². The maximum Gasteiger partial charge on any atom is 0.215 e. The van der Waals surface area contributed by atoms with E-state index in [0.717, 1.165) is 39.6 Å². The van der Waals surface area contributed by atoms with Crippen LogP contribution in [0.3, 0.4) is 0 Å². The molecule has 0 saturated heterocycles. The summed E-state index contributed by atoms with van der Waals surface area (Å²) in [5.74, 6) is 2.17. The number of nitrogens with two attached hydrogens (primary N) is 2. The highest BCUT2D eigenvalue weighted by molar-refractivity contribution is 5.95. The predicted octanol–water partition coefficient (Wildman–Crippen LogP) is 4.47. The monoisotopic (exact) mass is 383 g/mol. The summed E-state index contributed by atoms with van der Waals surface area (Å²) in [7, 11) is 0. The lowest BCUT2D eigenvalue weighted by atomic mass is 9.96. The fraction of sp³-hybridized carbons (Fsp3) is 0.125. The van der Waals surface area contributed by atoms with Crippen LogP contribution in [0.5, 0.6) is 11.6 Å². The molecule has 0 saturated carbocycles. The van der Waals surface area contributed by atoms with Crippen molar-refractivity contribution in [2.45, 2.75) is 20.0 Å². The minimum absolute atomic E-state index is 0.0156. The summed E-state index contributed by atoms with van der Waals surface area (Å²) < 4.78 is 8.61. The van der Waals surface area contributed by atoms with Gasteiger partial charge in [-0.1, -0.05) is 42.5 Å². The van der Waals surface area contributed by atoms with Crippen molar-refractivity contribution >= 4 is 11.9 Å². The number of nitrogens with zero attached hydrogens (tertiary/aromatic N) is 2. The van der Waals surface area contributed by atoms with Crippen LogP contribution in [0.4, 0.5) is 5.82 Å². The van der Waals surface area contributed by atoms with Crippen LogP contribution in [0.2, 0.25) is 0 Å². The molecule has 4 N–H and O–H groups in total. The number of quaternary nitrogens is 1. The topological polar surface area (TPSA) is 69.7 Å². The van der Waals surface area contributed by atoms with Gasteiger partial charge in [0.1, 0.15) is 17.2 Å². The van der Waals surface area contributed by atoms with Crippen molar-refractivity contribution in [1.29, 1.82) is 0 Å². The molecular weight excluding hydrogens is 360 g/mol. The van der Waals surface area contributed by atoms with E-state index >= 15 is 0 Å². The van der Waals surface area contributed by atoms with Crippen LogP contribution in [0.25, 0.3) is 28.5 Å². The fourth-order valence-corrected chi connectivity index (χ4v) is 4.14. The molecule has 0 radical (unpaired) electrons. The molecule has 0 amide bonds. The van der Waals surface area contributed by atoms with Crippen molar-refractivity contribution in [3.05, 3.63) is 78.2 Å². The number of rotatable bonds is 2. The first-order chi connectivity index (χ1) is 14.2. The molecule has 0 bridgehead atoms. The third-order valence-electron chi connectivity index (χ3n) is 5.40. The Bertz CT molecular complexity index is 1200. The Morgan fingerprint density at radius 1 is 1.17 bits per heavy atom. The first-order valence-corrected chi connectivity index (χ1v) is 9.78. The van der Waals surface area contributed by atoms with Crippen molar-refractivity contribution in [3.8, 4) is 34.0 Å². The molecule has 4 heterocycles. The van der Waals surface area contributed by atoms with E-state index in [1.54, 1.807) is 6.20 Å². The first kappa shape index (κ1) is 17.5. The van der Waals surface area contributed by atoms with Crippen molar-refractivity contribution in [3.63, 3.8) is 0 Å². The average molecular weight is 383 g/mol. The van der Waals surface area contributed by atoms with Gasteiger partial charge in [0.15, 0.2) is 11.9 Å². The molecule has 1 atom stereocenters. The number of hydrogen-bond acceptors (Lipinski definition) is 3. The van der Waals surface area contributed by atoms with E-state index in [0.29, 0.717) is 5.82 Å². The smallest absolute Gasteiger partial charge is 0.215 e. The number of benzene rings is 1. The maximum atomic E-state index is 6.72. The SMILES string of the molecule is CC=Cc1c2c(n(C3C=CC=C(C)[NH2+]3)c1N)Oc1cccnc1-c1ccccc1-2. The highest BCUT2D eigenvalue weighted by atomic mass is 16.5. The third kappa shape index (κ3) is 2.70. The number of hydrogen-bond donors (Lipinski definition) is 2. The lowest BCUT2D eigenvalue weighted by Gasteiger charge is -2.20. The number of ether oxygens (including phenoxy) is 1. The van der Waals surface area contributed by atoms with Gasteiger partial charge in [-0.05, 0) is 36.8 Å². The molecular formula is C24H23N4O+. The second kappa shape index (κ2) is 6.79. The summed E-state index contributed by atoms with van der Waals surface area (Å²) in [6.45, 7) is 4.10. The van der Waals surface area contributed by atoms with Gasteiger partial charge in [0, 0.05) is 24.2 Å². The van der Waals surface area contributed by atoms with Crippen LogP contribution in [0.1, 0.15) is 25.6 Å². The second-order valence-corrected chi connectivity index (χ2v) is 7.30. The van der Waals surface area contributed by atoms with Crippen LogP contribution in [-0.2, 0) is 0 Å². The van der Waals surface area contributed by atoms with Gasteiger partial charge in [0.05, 0.1) is 5.56 Å². The Morgan fingerprint density at radius 3 is 2.79 bits per heavy atom. The molecule has 0 aliphatic carbocycles. The Kier molecular flexibility index (Phi) is 4.11. The number of allylic oxidation sites excluding steroid dienone is 4. The molecule has 2 aromatic heterocycles. The Hall–Kier alpha value is -3.57. The summed E-state index contributed by atoms with van der Waals surface area (Å²) in [4.78, 5) is 4.62. The minimum Gasteiger partial charge on any atom is -0.438 e. The van der Waals surface area contributed by atoms with Gasteiger partial charge in [-0.3, -0.25) is 10.3 Å². The standard InChI is InChI=1S/C24H22N4O/c1-3-8-18-21-16-10-4-5-11-17(16)22-19(12-7-14-26-22)29-24(21)28(23(18)25)20-13-6-9-15(2)27-20/h3-14,20,27H,25H2,1-2H3/p+1. The van der Waals surface area contributed by atoms with E-state index in [9.17, 15) is 0 Å². The van der Waals surface area contributed by atoms with Crippen molar-refractivity contribution in [2.24, 2.45) is 0 Å². The Labute approximate surface area is 169 Å². The number of aromatic nitrogens is 2. The summed E-state index contributed by atoms with van der Waals surface area (Å²) in [6, 6.07) is 12.1. The average Bonchev–Trinajstić information content (AvgIpc) is 2.91. The molecule has 0 spiro atoms. The van der Waals surface area contributed by atoms with Gasteiger partial charge in [-0.25, -0.2) is 4.57 Å². The first-order valence-electron chi connectivity index (χ1n) is 9.78.